The van der Waals surface area contributed by atoms with Crippen molar-refractivity contribution in [3.63, 3.8) is 0 Å². The Kier molecular flexibility index (Phi) is 3.99. The second-order valence-electron chi connectivity index (χ2n) is 2.36. The summed E-state index contributed by atoms with van der Waals surface area (Å²) in [6, 6.07) is 0. The van der Waals surface area contributed by atoms with Crippen LogP contribution in [0.3, 0.4) is 0 Å². The predicted octanol–water partition coefficient (Wildman–Crippen LogP) is -0.583. The van der Waals surface area contributed by atoms with Crippen LogP contribution in [0, 0.1) is 5.92 Å². The lowest BCUT2D eigenvalue weighted by molar-refractivity contribution is -0.142. The summed E-state index contributed by atoms with van der Waals surface area (Å²) in [4.78, 5) is 10.3. The first-order valence-corrected chi connectivity index (χ1v) is 3.18. The van der Waals surface area contributed by atoms with Crippen LogP contribution in [0.4, 0.5) is 0 Å². The van der Waals surface area contributed by atoms with Crippen LogP contribution < -0.4 is 5.73 Å². The van der Waals surface area contributed by atoms with Gasteiger partial charge in [-0.25, -0.2) is 0 Å². The Balaban J connectivity index is 3.72. The van der Waals surface area contributed by atoms with E-state index in [0.717, 1.165) is 0 Å². The van der Waals surface area contributed by atoms with Crippen molar-refractivity contribution >= 4 is 5.97 Å². The number of hydrogen-bond donors (Lipinski definition) is 3. The van der Waals surface area contributed by atoms with Gasteiger partial charge < -0.3 is 15.9 Å². The quantitative estimate of drug-likeness (QED) is 0.496. The number of aliphatic hydroxyl groups is 1. The van der Waals surface area contributed by atoms with Crippen molar-refractivity contribution in [1.82, 2.24) is 0 Å². The molecule has 2 atom stereocenters. The van der Waals surface area contributed by atoms with Gasteiger partial charge in [-0.15, -0.1) is 0 Å². The summed E-state index contributed by atoms with van der Waals surface area (Å²) >= 11 is 0. The molecule has 2 unspecified atom stereocenters. The molecule has 4 N–H and O–H groups in total. The molecule has 10 heavy (non-hydrogen) atoms. The Hall–Kier alpha value is -0.610. The number of carboxylic acids is 1. The summed E-state index contributed by atoms with van der Waals surface area (Å²) in [6.45, 7) is 1.63. The minimum absolute atomic E-state index is 0.0836. The molecule has 0 spiro atoms. The fourth-order valence-corrected chi connectivity index (χ4v) is 0.710. The molecule has 0 bridgehead atoms. The van der Waals surface area contributed by atoms with Gasteiger partial charge >= 0.3 is 5.97 Å². The normalized spacial score (nSPS) is 16.3. The molecule has 0 radical (unpaired) electrons. The highest BCUT2D eigenvalue weighted by Gasteiger charge is 2.16. The summed E-state index contributed by atoms with van der Waals surface area (Å²) in [5.74, 6) is -1.55. The van der Waals surface area contributed by atoms with Crippen LogP contribution in [0.1, 0.15) is 13.3 Å². The number of rotatable bonds is 4. The average Bonchev–Trinajstić information content (AvgIpc) is 1.81. The summed E-state index contributed by atoms with van der Waals surface area (Å²) in [5.41, 5.74) is 5.13. The largest absolute Gasteiger partial charge is 0.481 e. The maximum atomic E-state index is 10.3. The Bertz CT molecular complexity index is 114. The van der Waals surface area contributed by atoms with E-state index in [-0.39, 0.29) is 13.0 Å². The summed E-state index contributed by atoms with van der Waals surface area (Å²) < 4.78 is 0. The summed E-state index contributed by atoms with van der Waals surface area (Å²) in [5, 5.41) is 17.2. The number of aliphatic hydroxyl groups excluding tert-OH is 1. The molecule has 4 heteroatoms. The number of hydrogen-bond acceptors (Lipinski definition) is 3. The minimum atomic E-state index is -0.941. The third kappa shape index (κ3) is 3.42. The van der Waals surface area contributed by atoms with Gasteiger partial charge in [0.25, 0.3) is 0 Å². The third-order valence-electron chi connectivity index (χ3n) is 1.26. The van der Waals surface area contributed by atoms with Gasteiger partial charge in [0.2, 0.25) is 0 Å². The third-order valence-corrected chi connectivity index (χ3v) is 1.26. The number of aliphatic carboxylic acids is 1. The van der Waals surface area contributed by atoms with Crippen molar-refractivity contribution in [2.45, 2.75) is 19.4 Å². The SMILES string of the molecule is CC(O)CC(CN)C(=O)O. The van der Waals surface area contributed by atoms with E-state index in [4.69, 9.17) is 15.9 Å². The zero-order valence-electron chi connectivity index (χ0n) is 5.95. The Morgan fingerprint density at radius 1 is 1.70 bits per heavy atom. The molecule has 0 aliphatic carbocycles. The van der Waals surface area contributed by atoms with Crippen molar-refractivity contribution in [3.05, 3.63) is 0 Å². The predicted molar refractivity (Wildman–Crippen MR) is 36.5 cm³/mol. The minimum Gasteiger partial charge on any atom is -0.481 e. The molecule has 0 heterocycles. The van der Waals surface area contributed by atoms with Gasteiger partial charge in [0.05, 0.1) is 12.0 Å². The van der Waals surface area contributed by atoms with Gasteiger partial charge in [0.1, 0.15) is 0 Å². The van der Waals surface area contributed by atoms with Crippen molar-refractivity contribution in [2.24, 2.45) is 11.7 Å². The van der Waals surface area contributed by atoms with Crippen LogP contribution in [-0.4, -0.2) is 28.8 Å². The smallest absolute Gasteiger partial charge is 0.307 e. The highest BCUT2D eigenvalue weighted by Crippen LogP contribution is 2.04. The lowest BCUT2D eigenvalue weighted by atomic mass is 10.0. The van der Waals surface area contributed by atoms with Crippen LogP contribution >= 0.6 is 0 Å². The molecule has 0 amide bonds. The fourth-order valence-electron chi connectivity index (χ4n) is 0.710. The average molecular weight is 147 g/mol. The maximum absolute atomic E-state index is 10.3. The van der Waals surface area contributed by atoms with Crippen molar-refractivity contribution in [2.75, 3.05) is 6.54 Å². The molecule has 0 aromatic carbocycles. The molecule has 0 saturated heterocycles. The van der Waals surface area contributed by atoms with Gasteiger partial charge in [-0.05, 0) is 13.3 Å². The van der Waals surface area contributed by atoms with Gasteiger partial charge in [0, 0.05) is 6.54 Å². The van der Waals surface area contributed by atoms with E-state index < -0.39 is 18.0 Å². The standard InChI is InChI=1S/C6H13NO3/c1-4(8)2-5(3-7)6(9)10/h4-5,8H,2-3,7H2,1H3,(H,9,10). The molecule has 0 rings (SSSR count). The molecule has 0 aliphatic heterocycles. The molecule has 60 valence electrons. The Labute approximate surface area is 59.7 Å². The molecule has 0 aromatic heterocycles. The van der Waals surface area contributed by atoms with Crippen LogP contribution in [0.5, 0.6) is 0 Å². The van der Waals surface area contributed by atoms with Gasteiger partial charge in [-0.2, -0.15) is 0 Å². The van der Waals surface area contributed by atoms with E-state index in [1.165, 1.54) is 0 Å². The molecule has 0 saturated carbocycles. The van der Waals surface area contributed by atoms with Crippen LogP contribution in [-0.2, 0) is 4.79 Å². The molecule has 0 aliphatic rings. The van der Waals surface area contributed by atoms with Gasteiger partial charge in [-0.1, -0.05) is 0 Å². The van der Waals surface area contributed by atoms with Crippen molar-refractivity contribution < 1.29 is 15.0 Å². The van der Waals surface area contributed by atoms with Gasteiger partial charge in [-0.3, -0.25) is 4.79 Å². The number of nitrogens with two attached hydrogens (primary N) is 1. The highest BCUT2D eigenvalue weighted by atomic mass is 16.4. The topological polar surface area (TPSA) is 83.5 Å². The maximum Gasteiger partial charge on any atom is 0.307 e. The van der Waals surface area contributed by atoms with E-state index in [2.05, 4.69) is 0 Å². The molecule has 4 nitrogen and oxygen atoms in total. The first-order chi connectivity index (χ1) is 4.57. The second kappa shape index (κ2) is 4.24. The Morgan fingerprint density at radius 2 is 2.20 bits per heavy atom. The zero-order valence-corrected chi connectivity index (χ0v) is 5.95. The summed E-state index contributed by atoms with van der Waals surface area (Å²) in [7, 11) is 0. The molecule has 0 fully saturated rings. The Morgan fingerprint density at radius 3 is 2.30 bits per heavy atom. The lowest BCUT2D eigenvalue weighted by Gasteiger charge is -2.10. The van der Waals surface area contributed by atoms with E-state index >= 15 is 0 Å². The molecular formula is C6H13NO3. The monoisotopic (exact) mass is 147 g/mol. The van der Waals surface area contributed by atoms with E-state index in [9.17, 15) is 4.79 Å². The highest BCUT2D eigenvalue weighted by molar-refractivity contribution is 5.70. The fraction of sp³-hybridized carbons (Fsp3) is 0.833. The van der Waals surface area contributed by atoms with E-state index in [1.54, 1.807) is 6.92 Å². The van der Waals surface area contributed by atoms with Gasteiger partial charge in [0.15, 0.2) is 0 Å². The molecular weight excluding hydrogens is 134 g/mol. The van der Waals surface area contributed by atoms with Crippen LogP contribution in [0.25, 0.3) is 0 Å². The van der Waals surface area contributed by atoms with E-state index in [1.807, 2.05) is 0 Å². The van der Waals surface area contributed by atoms with Crippen LogP contribution in [0.2, 0.25) is 0 Å². The first kappa shape index (κ1) is 9.39. The number of carbonyl (C=O) groups is 1. The van der Waals surface area contributed by atoms with Crippen molar-refractivity contribution in [3.8, 4) is 0 Å². The number of carboxylic acid groups (broad SMARTS) is 1. The van der Waals surface area contributed by atoms with Crippen LogP contribution in [0.15, 0.2) is 0 Å². The second-order valence-corrected chi connectivity index (χ2v) is 2.36. The molecule has 0 aromatic rings. The zero-order chi connectivity index (χ0) is 8.15. The van der Waals surface area contributed by atoms with E-state index in [0.29, 0.717) is 0 Å². The van der Waals surface area contributed by atoms with Crippen molar-refractivity contribution in [1.29, 1.82) is 0 Å². The lowest BCUT2D eigenvalue weighted by Crippen LogP contribution is -2.26. The summed E-state index contributed by atoms with van der Waals surface area (Å²) in [6.07, 6.45) is -0.365. The first-order valence-electron chi connectivity index (χ1n) is 3.18.